The lowest BCUT2D eigenvalue weighted by molar-refractivity contribution is -0.387. The third kappa shape index (κ3) is 4.62. The second-order valence-electron chi connectivity index (χ2n) is 8.50. The molecule has 0 saturated carbocycles. The smallest absolute Gasteiger partial charge is 0.404 e. The Hall–Kier alpha value is -4.12. The van der Waals surface area contributed by atoms with E-state index < -0.39 is 5.82 Å². The number of rotatable bonds is 5. The monoisotopic (exact) mass is 478 g/mol. The first kappa shape index (κ1) is 22.7. The number of hydrogen-bond acceptors (Lipinski definition) is 7. The van der Waals surface area contributed by atoms with E-state index in [0.29, 0.717) is 37.1 Å². The zero-order valence-electron chi connectivity index (χ0n) is 19.6. The lowest BCUT2D eigenvalue weighted by Gasteiger charge is -2.29. The molecule has 180 valence electrons. The molecule has 2 N–H and O–H groups in total. The van der Waals surface area contributed by atoms with E-state index >= 15 is 0 Å². The molecule has 1 fully saturated rings. The highest BCUT2D eigenvalue weighted by molar-refractivity contribution is 5.94. The number of aromatic nitrogens is 5. The number of nitrogens with one attached hydrogen (secondary N) is 2. The summed E-state index contributed by atoms with van der Waals surface area (Å²) in [4.78, 5) is 35.4. The number of pyridine rings is 1. The van der Waals surface area contributed by atoms with Crippen molar-refractivity contribution in [2.75, 3.05) is 38.8 Å². The second kappa shape index (κ2) is 9.26. The van der Waals surface area contributed by atoms with Crippen LogP contribution in [-0.4, -0.2) is 70.6 Å². The third-order valence-corrected chi connectivity index (χ3v) is 5.73. The highest BCUT2D eigenvalue weighted by Gasteiger charge is 2.29. The first-order valence-electron chi connectivity index (χ1n) is 11.2. The molecular weight excluding hydrogens is 453 g/mol. The van der Waals surface area contributed by atoms with E-state index in [0.717, 1.165) is 17.1 Å². The minimum atomic E-state index is -0.678. The Labute approximate surface area is 200 Å². The summed E-state index contributed by atoms with van der Waals surface area (Å²) in [6, 6.07) is 8.03. The molecule has 10 nitrogen and oxygen atoms in total. The van der Waals surface area contributed by atoms with Gasteiger partial charge in [0.15, 0.2) is 11.6 Å². The van der Waals surface area contributed by atoms with Gasteiger partial charge in [-0.2, -0.15) is 0 Å². The topological polar surface area (TPSA) is 111 Å². The molecule has 1 aliphatic rings. The Bertz CT molecular complexity index is 1390. The number of hydrogen-bond donors (Lipinski definition) is 1. The number of morpholine rings is 1. The minimum Gasteiger partial charge on any atom is -0.404 e. The van der Waals surface area contributed by atoms with E-state index in [-0.39, 0.29) is 29.3 Å². The lowest BCUT2D eigenvalue weighted by atomic mass is 10.2. The average molecular weight is 479 g/mol. The Balaban J connectivity index is 1.54. The number of carbonyl (C=O) groups excluding carboxylic acids is 1. The van der Waals surface area contributed by atoms with Crippen molar-refractivity contribution in [3.05, 3.63) is 54.1 Å². The molecular formula is C24H25FN7O3+. The first-order chi connectivity index (χ1) is 16.9. The van der Waals surface area contributed by atoms with Crippen LogP contribution in [0.2, 0.25) is 0 Å². The Morgan fingerprint density at radius 3 is 2.91 bits per heavy atom. The van der Waals surface area contributed by atoms with Gasteiger partial charge in [-0.15, -0.1) is 0 Å². The van der Waals surface area contributed by atoms with Gasteiger partial charge in [0.1, 0.15) is 5.65 Å². The number of aromatic amines is 2. The predicted molar refractivity (Wildman–Crippen MR) is 126 cm³/mol. The van der Waals surface area contributed by atoms with Crippen LogP contribution in [0.4, 0.5) is 10.3 Å². The summed E-state index contributed by atoms with van der Waals surface area (Å²) in [7, 11) is 3.21. The fraction of sp³-hybridized carbons (Fsp3) is 0.292. The van der Waals surface area contributed by atoms with Crippen LogP contribution in [-0.2, 0) is 4.74 Å². The molecule has 1 atom stereocenters. The molecule has 1 aromatic carbocycles. The van der Waals surface area contributed by atoms with E-state index in [1.165, 1.54) is 17.0 Å². The van der Waals surface area contributed by atoms with Crippen LogP contribution >= 0.6 is 0 Å². The minimum absolute atomic E-state index is 0.0587. The SMILES string of the molecule is C[C@H]1COCCN1c1nc(-c2cnc3[nH]ccc3c2)nc(Oc2ccc(C(=O)N(C)C)cc2F)[nH+]1. The number of benzene rings is 1. The molecule has 1 saturated heterocycles. The van der Waals surface area contributed by atoms with E-state index in [1.54, 1.807) is 20.3 Å². The molecule has 0 radical (unpaired) electrons. The van der Waals surface area contributed by atoms with E-state index in [9.17, 15) is 9.18 Å². The fourth-order valence-electron chi connectivity index (χ4n) is 3.87. The van der Waals surface area contributed by atoms with Crippen LogP contribution in [0.3, 0.4) is 0 Å². The summed E-state index contributed by atoms with van der Waals surface area (Å²) in [5.74, 6) is -0.149. The van der Waals surface area contributed by atoms with Crippen molar-refractivity contribution in [3.8, 4) is 23.1 Å². The summed E-state index contributed by atoms with van der Waals surface area (Å²) in [6.07, 6.45) is 3.48. The van der Waals surface area contributed by atoms with Gasteiger partial charge in [-0.05, 0) is 37.3 Å². The largest absolute Gasteiger partial charge is 0.408 e. The van der Waals surface area contributed by atoms with Crippen LogP contribution in [0.15, 0.2) is 42.7 Å². The van der Waals surface area contributed by atoms with Gasteiger partial charge in [0.2, 0.25) is 0 Å². The number of H-pyrrole nitrogens is 2. The highest BCUT2D eigenvalue weighted by atomic mass is 19.1. The quantitative estimate of drug-likeness (QED) is 0.470. The van der Waals surface area contributed by atoms with Crippen molar-refractivity contribution >= 4 is 22.9 Å². The fourth-order valence-corrected chi connectivity index (χ4v) is 3.87. The Morgan fingerprint density at radius 1 is 1.29 bits per heavy atom. The van der Waals surface area contributed by atoms with Crippen molar-refractivity contribution in [1.29, 1.82) is 0 Å². The number of carbonyl (C=O) groups is 1. The number of halogens is 1. The summed E-state index contributed by atoms with van der Waals surface area (Å²) in [5.41, 5.74) is 1.66. The van der Waals surface area contributed by atoms with Crippen LogP contribution in [0.1, 0.15) is 17.3 Å². The molecule has 4 heterocycles. The molecule has 1 aliphatic heterocycles. The van der Waals surface area contributed by atoms with Crippen molar-refractivity contribution in [2.24, 2.45) is 0 Å². The van der Waals surface area contributed by atoms with Gasteiger partial charge in [-0.25, -0.2) is 14.4 Å². The van der Waals surface area contributed by atoms with Crippen molar-refractivity contribution in [3.63, 3.8) is 0 Å². The zero-order valence-corrected chi connectivity index (χ0v) is 19.6. The van der Waals surface area contributed by atoms with Crippen LogP contribution < -0.4 is 14.6 Å². The van der Waals surface area contributed by atoms with Crippen LogP contribution in [0, 0.1) is 5.82 Å². The van der Waals surface area contributed by atoms with Crippen molar-refractivity contribution in [1.82, 2.24) is 24.8 Å². The van der Waals surface area contributed by atoms with E-state index in [1.807, 2.05) is 25.3 Å². The van der Waals surface area contributed by atoms with Crippen molar-refractivity contribution < 1.29 is 23.6 Å². The number of anilines is 1. The maximum absolute atomic E-state index is 14.8. The van der Waals surface area contributed by atoms with Gasteiger partial charge in [0, 0.05) is 37.4 Å². The molecule has 4 aromatic rings. The molecule has 0 bridgehead atoms. The molecule has 3 aromatic heterocycles. The number of fused-ring (bicyclic) bond motifs is 1. The van der Waals surface area contributed by atoms with Crippen molar-refractivity contribution in [2.45, 2.75) is 13.0 Å². The number of amides is 1. The number of nitrogens with zero attached hydrogens (tertiary/aromatic N) is 5. The van der Waals surface area contributed by atoms with E-state index in [2.05, 4.69) is 24.8 Å². The molecule has 0 aliphatic carbocycles. The second-order valence-corrected chi connectivity index (χ2v) is 8.50. The van der Waals surface area contributed by atoms with Gasteiger partial charge in [0.05, 0.1) is 31.4 Å². The summed E-state index contributed by atoms with van der Waals surface area (Å²) < 4.78 is 26.2. The maximum Gasteiger partial charge on any atom is 0.408 e. The molecule has 1 amide bonds. The average Bonchev–Trinajstić information content (AvgIpc) is 3.33. The lowest BCUT2D eigenvalue weighted by Crippen LogP contribution is -2.46. The van der Waals surface area contributed by atoms with Gasteiger partial charge in [0.25, 0.3) is 11.7 Å². The summed E-state index contributed by atoms with van der Waals surface area (Å²) >= 11 is 0. The first-order valence-corrected chi connectivity index (χ1v) is 11.2. The van der Waals surface area contributed by atoms with Gasteiger partial charge in [-0.3, -0.25) is 9.69 Å². The van der Waals surface area contributed by atoms with Gasteiger partial charge >= 0.3 is 12.0 Å². The third-order valence-electron chi connectivity index (χ3n) is 5.73. The Kier molecular flexibility index (Phi) is 6.00. The van der Waals surface area contributed by atoms with E-state index in [4.69, 9.17) is 14.5 Å². The predicted octanol–water partition coefficient (Wildman–Crippen LogP) is 2.69. The Morgan fingerprint density at radius 2 is 2.14 bits per heavy atom. The molecule has 5 rings (SSSR count). The molecule has 35 heavy (non-hydrogen) atoms. The van der Waals surface area contributed by atoms with Crippen LogP contribution in [0.5, 0.6) is 11.8 Å². The van der Waals surface area contributed by atoms with Gasteiger partial charge in [-0.1, -0.05) is 9.97 Å². The van der Waals surface area contributed by atoms with Gasteiger partial charge < -0.3 is 19.4 Å². The normalized spacial score (nSPS) is 15.9. The maximum atomic E-state index is 14.8. The highest BCUT2D eigenvalue weighted by Crippen LogP contribution is 2.26. The standard InChI is InChI=1S/C24H24FN7O3/c1-14-13-34-9-8-32(14)23-28-21(17-10-15-6-7-26-20(15)27-12-17)29-24(30-23)35-19-5-4-16(11-18(19)25)22(33)31(2)3/h4-7,10-12,14H,8-9,13H2,1-3H3,(H,26,27)/p+1/t14-/m0/s1. The summed E-state index contributed by atoms with van der Waals surface area (Å²) in [6.45, 7) is 3.76. The number of ether oxygens (including phenoxy) is 2. The zero-order chi connectivity index (χ0) is 24.5. The molecule has 11 heteroatoms. The summed E-state index contributed by atoms with van der Waals surface area (Å²) in [5, 5.41) is 0.912. The molecule has 0 unspecified atom stereocenters. The van der Waals surface area contributed by atoms with Crippen LogP contribution in [0.25, 0.3) is 22.4 Å². The molecule has 0 spiro atoms.